The molecule has 4 rings (SSSR count). The van der Waals surface area contributed by atoms with Crippen molar-refractivity contribution in [2.45, 2.75) is 18.9 Å². The number of amides is 2. The number of nitrogens with zero attached hydrogens (tertiary/aromatic N) is 1. The first-order valence-corrected chi connectivity index (χ1v) is 11.1. The summed E-state index contributed by atoms with van der Waals surface area (Å²) in [5.41, 5.74) is 1.89. The molecule has 0 aliphatic carbocycles. The first-order chi connectivity index (χ1) is 15.1. The van der Waals surface area contributed by atoms with Crippen molar-refractivity contribution >= 4 is 34.5 Å². The predicted octanol–water partition coefficient (Wildman–Crippen LogP) is 4.78. The van der Waals surface area contributed by atoms with Gasteiger partial charge in [-0.25, -0.2) is 0 Å². The van der Waals surface area contributed by atoms with Crippen molar-refractivity contribution in [1.29, 1.82) is 0 Å². The largest absolute Gasteiger partial charge is 0.497 e. The van der Waals surface area contributed by atoms with E-state index < -0.39 is 0 Å². The van der Waals surface area contributed by atoms with Crippen LogP contribution in [0.4, 0.5) is 11.4 Å². The van der Waals surface area contributed by atoms with Crippen molar-refractivity contribution in [3.63, 3.8) is 0 Å². The number of rotatable bonds is 7. The van der Waals surface area contributed by atoms with Gasteiger partial charge in [-0.15, -0.1) is 11.3 Å². The average Bonchev–Trinajstić information content (AvgIpc) is 3.46. The number of nitrogens with one attached hydrogen (secondary N) is 2. The molecule has 2 N–H and O–H groups in total. The molecule has 2 amide bonds. The van der Waals surface area contributed by atoms with E-state index in [9.17, 15) is 9.59 Å². The van der Waals surface area contributed by atoms with E-state index in [2.05, 4.69) is 33.0 Å². The maximum atomic E-state index is 12.6. The van der Waals surface area contributed by atoms with E-state index in [1.807, 2.05) is 0 Å². The molecule has 0 spiro atoms. The molecule has 0 radical (unpaired) electrons. The topological polar surface area (TPSA) is 70.7 Å². The second-order valence-electron chi connectivity index (χ2n) is 7.45. The van der Waals surface area contributed by atoms with Crippen molar-refractivity contribution in [2.24, 2.45) is 0 Å². The Bertz CT molecular complexity index is 1020. The summed E-state index contributed by atoms with van der Waals surface area (Å²) in [5.74, 6) is 0.478. The zero-order valence-corrected chi connectivity index (χ0v) is 18.2. The Labute approximate surface area is 185 Å². The van der Waals surface area contributed by atoms with Crippen molar-refractivity contribution < 1.29 is 14.3 Å². The van der Waals surface area contributed by atoms with Crippen LogP contribution >= 0.6 is 11.3 Å². The summed E-state index contributed by atoms with van der Waals surface area (Å²) in [6.07, 6.45) is 2.19. The minimum Gasteiger partial charge on any atom is -0.497 e. The van der Waals surface area contributed by atoms with Gasteiger partial charge in [0.25, 0.3) is 5.91 Å². The standard InChI is InChI=1S/C24H25N3O3S/c1-30-20-12-10-19(11-13-20)26-24(29)17-6-8-18(9-7-17)25-23(28)16-27-14-2-4-21(27)22-5-3-15-31-22/h3,5-13,15,21H,2,4,14,16H2,1H3,(H,25,28)(H,26,29)/t21-/m0/s1. The molecule has 1 aromatic heterocycles. The van der Waals surface area contributed by atoms with Crippen molar-refractivity contribution in [3.05, 3.63) is 76.5 Å². The smallest absolute Gasteiger partial charge is 0.255 e. The Balaban J connectivity index is 1.31. The van der Waals surface area contributed by atoms with Crippen LogP contribution in [0.25, 0.3) is 0 Å². The SMILES string of the molecule is COc1ccc(NC(=O)c2ccc(NC(=O)CN3CCC[C@H]3c3cccs3)cc2)cc1. The third-order valence-corrected chi connectivity index (χ3v) is 6.33. The Kier molecular flexibility index (Phi) is 6.64. The summed E-state index contributed by atoms with van der Waals surface area (Å²) in [4.78, 5) is 28.6. The van der Waals surface area contributed by atoms with Crippen molar-refractivity contribution in [3.8, 4) is 5.75 Å². The Morgan fingerprint density at radius 2 is 1.74 bits per heavy atom. The summed E-state index contributed by atoms with van der Waals surface area (Å²) in [5, 5.41) is 7.87. The zero-order valence-electron chi connectivity index (χ0n) is 17.3. The highest BCUT2D eigenvalue weighted by molar-refractivity contribution is 7.10. The van der Waals surface area contributed by atoms with E-state index in [4.69, 9.17) is 4.74 Å². The summed E-state index contributed by atoms with van der Waals surface area (Å²) < 4.78 is 5.12. The van der Waals surface area contributed by atoms with Crippen LogP contribution in [0.5, 0.6) is 5.75 Å². The molecular formula is C24H25N3O3S. The van der Waals surface area contributed by atoms with E-state index in [0.717, 1.165) is 25.1 Å². The number of likely N-dealkylation sites (tertiary alicyclic amines) is 1. The molecule has 1 saturated heterocycles. The molecule has 3 aromatic rings. The Hall–Kier alpha value is -3.16. The van der Waals surface area contributed by atoms with Gasteiger partial charge in [0.1, 0.15) is 5.75 Å². The van der Waals surface area contributed by atoms with Crippen molar-refractivity contribution in [1.82, 2.24) is 4.90 Å². The molecule has 0 bridgehead atoms. The number of carbonyl (C=O) groups excluding carboxylic acids is 2. The van der Waals surface area contributed by atoms with Crippen molar-refractivity contribution in [2.75, 3.05) is 30.8 Å². The third-order valence-electron chi connectivity index (χ3n) is 5.36. The molecule has 2 aromatic carbocycles. The number of methoxy groups -OCH3 is 1. The molecular weight excluding hydrogens is 410 g/mol. The van der Waals surface area contributed by atoms with Gasteiger partial charge in [-0.3, -0.25) is 14.5 Å². The predicted molar refractivity (Wildman–Crippen MR) is 124 cm³/mol. The maximum absolute atomic E-state index is 12.6. The van der Waals surface area contributed by atoms with Crippen LogP contribution in [0.2, 0.25) is 0 Å². The first-order valence-electron chi connectivity index (χ1n) is 10.2. The number of ether oxygens (including phenoxy) is 1. The summed E-state index contributed by atoms with van der Waals surface area (Å²) >= 11 is 1.74. The number of benzene rings is 2. The molecule has 0 unspecified atom stereocenters. The summed E-state index contributed by atoms with van der Waals surface area (Å²) in [6.45, 7) is 1.29. The fourth-order valence-electron chi connectivity index (χ4n) is 3.79. The molecule has 160 valence electrons. The number of thiophene rings is 1. The van der Waals surface area contributed by atoms with Crippen LogP contribution in [-0.4, -0.2) is 36.9 Å². The molecule has 6 nitrogen and oxygen atoms in total. The lowest BCUT2D eigenvalue weighted by atomic mass is 10.2. The quantitative estimate of drug-likeness (QED) is 0.560. The number of hydrogen-bond donors (Lipinski definition) is 2. The second kappa shape index (κ2) is 9.76. The molecule has 2 heterocycles. The molecule has 1 fully saturated rings. The Morgan fingerprint density at radius 3 is 2.42 bits per heavy atom. The van der Waals surface area contributed by atoms with Crippen LogP contribution in [0.1, 0.15) is 34.1 Å². The van der Waals surface area contributed by atoms with Gasteiger partial charge in [0, 0.05) is 27.9 Å². The van der Waals surface area contributed by atoms with E-state index in [0.29, 0.717) is 29.5 Å². The molecule has 1 aliphatic rings. The van der Waals surface area contributed by atoms with Crippen LogP contribution in [-0.2, 0) is 4.79 Å². The summed E-state index contributed by atoms with van der Waals surface area (Å²) in [6, 6.07) is 18.6. The second-order valence-corrected chi connectivity index (χ2v) is 8.43. The highest BCUT2D eigenvalue weighted by Crippen LogP contribution is 2.34. The monoisotopic (exact) mass is 435 g/mol. The van der Waals surface area contributed by atoms with Gasteiger partial charge in [-0.2, -0.15) is 0 Å². The number of carbonyl (C=O) groups is 2. The highest BCUT2D eigenvalue weighted by atomic mass is 32.1. The van der Waals surface area contributed by atoms with Gasteiger partial charge in [-0.1, -0.05) is 6.07 Å². The normalized spacial score (nSPS) is 16.1. The first kappa shape index (κ1) is 21.1. The Morgan fingerprint density at radius 1 is 1.03 bits per heavy atom. The van der Waals surface area contributed by atoms with Crippen LogP contribution in [0.3, 0.4) is 0 Å². The molecule has 7 heteroatoms. The van der Waals surface area contributed by atoms with Gasteiger partial charge in [-0.05, 0) is 79.4 Å². The maximum Gasteiger partial charge on any atom is 0.255 e. The summed E-state index contributed by atoms with van der Waals surface area (Å²) in [7, 11) is 1.60. The van der Waals surface area contributed by atoms with Gasteiger partial charge >= 0.3 is 0 Å². The lowest BCUT2D eigenvalue weighted by Gasteiger charge is -2.22. The fraction of sp³-hybridized carbons (Fsp3) is 0.250. The molecule has 1 atom stereocenters. The van der Waals surface area contributed by atoms with E-state index in [1.54, 1.807) is 67.0 Å². The lowest BCUT2D eigenvalue weighted by Crippen LogP contribution is -2.32. The number of hydrogen-bond acceptors (Lipinski definition) is 5. The van der Waals surface area contributed by atoms with Crippen LogP contribution in [0, 0.1) is 0 Å². The average molecular weight is 436 g/mol. The fourth-order valence-corrected chi connectivity index (χ4v) is 4.68. The highest BCUT2D eigenvalue weighted by Gasteiger charge is 2.28. The molecule has 0 saturated carbocycles. The van der Waals surface area contributed by atoms with Gasteiger partial charge in [0.2, 0.25) is 5.91 Å². The molecule has 31 heavy (non-hydrogen) atoms. The van der Waals surface area contributed by atoms with Gasteiger partial charge < -0.3 is 15.4 Å². The van der Waals surface area contributed by atoms with Gasteiger partial charge in [0.05, 0.1) is 13.7 Å². The minimum absolute atomic E-state index is 0.0427. The van der Waals surface area contributed by atoms with E-state index >= 15 is 0 Å². The van der Waals surface area contributed by atoms with Crippen LogP contribution in [0.15, 0.2) is 66.0 Å². The molecule has 1 aliphatic heterocycles. The lowest BCUT2D eigenvalue weighted by molar-refractivity contribution is -0.117. The van der Waals surface area contributed by atoms with Gasteiger partial charge in [0.15, 0.2) is 0 Å². The number of anilines is 2. The minimum atomic E-state index is -0.209. The van der Waals surface area contributed by atoms with E-state index in [-0.39, 0.29) is 11.8 Å². The third kappa shape index (κ3) is 5.31. The zero-order chi connectivity index (χ0) is 21.6. The van der Waals surface area contributed by atoms with E-state index in [1.165, 1.54) is 4.88 Å². The van der Waals surface area contributed by atoms with Crippen LogP contribution < -0.4 is 15.4 Å².